The molecule has 0 aromatic rings. The van der Waals surface area contributed by atoms with E-state index in [-0.39, 0.29) is 74.4 Å². The Hall–Kier alpha value is -2.70. The minimum atomic E-state index is -0.747. The fourth-order valence-corrected chi connectivity index (χ4v) is 6.70. The minimum absolute atomic E-state index is 0.0441. The van der Waals surface area contributed by atoms with E-state index in [0.717, 1.165) is 31.6 Å². The van der Waals surface area contributed by atoms with Gasteiger partial charge in [-0.1, -0.05) is 6.42 Å². The molecule has 2 rings (SSSR count). The molecule has 0 aromatic carbocycles. The van der Waals surface area contributed by atoms with Crippen LogP contribution in [0.3, 0.4) is 0 Å². The van der Waals surface area contributed by atoms with Gasteiger partial charge >= 0.3 is 6.03 Å². The Morgan fingerprint density at radius 3 is 2.16 bits per heavy atom. The van der Waals surface area contributed by atoms with E-state index < -0.39 is 11.9 Å². The number of likely N-dealkylation sites (N-methyl/N-ethyl adjacent to an activating group) is 1. The van der Waals surface area contributed by atoms with E-state index in [2.05, 4.69) is 58.0 Å². The van der Waals surface area contributed by atoms with Gasteiger partial charge in [-0.3, -0.25) is 19.2 Å². The molecule has 17 heteroatoms. The number of urea groups is 1. The lowest BCUT2D eigenvalue weighted by atomic mass is 10.0. The van der Waals surface area contributed by atoms with Gasteiger partial charge in [0.25, 0.3) is 0 Å². The van der Waals surface area contributed by atoms with Crippen LogP contribution in [0.4, 0.5) is 4.79 Å². The first-order chi connectivity index (χ1) is 23.5. The van der Waals surface area contributed by atoms with E-state index >= 15 is 0 Å². The molecule has 0 radical (unpaired) electrons. The van der Waals surface area contributed by atoms with Crippen molar-refractivity contribution in [1.82, 2.24) is 37.2 Å². The van der Waals surface area contributed by atoms with Crippen LogP contribution >= 0.6 is 11.8 Å². The molecule has 0 aliphatic carbocycles. The van der Waals surface area contributed by atoms with Gasteiger partial charge in [-0.15, -0.1) is 0 Å². The van der Waals surface area contributed by atoms with Crippen LogP contribution in [-0.4, -0.2) is 144 Å². The highest BCUT2D eigenvalue weighted by Gasteiger charge is 2.42. The summed E-state index contributed by atoms with van der Waals surface area (Å²) in [4.78, 5) is 60.2. The average molecular weight is 718 g/mol. The van der Waals surface area contributed by atoms with Crippen LogP contribution in [0, 0.1) is 0 Å². The van der Waals surface area contributed by atoms with Crippen LogP contribution in [0.2, 0.25) is 0 Å². The minimum Gasteiger partial charge on any atom is -0.378 e. The smallest absolute Gasteiger partial charge is 0.315 e. The molecule has 2 aliphatic heterocycles. The van der Waals surface area contributed by atoms with Crippen molar-refractivity contribution in [3.8, 4) is 0 Å². The number of hydrogen-bond donors (Lipinski definition) is 7. The monoisotopic (exact) mass is 717 g/mol. The quantitative estimate of drug-likeness (QED) is 0.0423. The summed E-state index contributed by atoms with van der Waals surface area (Å²) in [6, 6.07) is -0.462. The highest BCUT2D eigenvalue weighted by molar-refractivity contribution is 8.00. The number of amides is 6. The van der Waals surface area contributed by atoms with E-state index in [0.29, 0.717) is 57.4 Å². The normalized spacial score (nSPS) is 19.0. The number of rotatable bonds is 27. The summed E-state index contributed by atoms with van der Waals surface area (Å²) < 4.78 is 21.5. The van der Waals surface area contributed by atoms with E-state index in [4.69, 9.17) is 18.9 Å². The predicted octanol–water partition coefficient (Wildman–Crippen LogP) is -0.590. The maximum Gasteiger partial charge on any atom is 0.315 e. The summed E-state index contributed by atoms with van der Waals surface area (Å²) in [5, 5.41) is 20.4. The van der Waals surface area contributed by atoms with Gasteiger partial charge in [0.1, 0.15) is 19.3 Å². The van der Waals surface area contributed by atoms with Crippen molar-refractivity contribution in [2.45, 2.75) is 88.2 Å². The van der Waals surface area contributed by atoms with Gasteiger partial charge in [0.2, 0.25) is 23.6 Å². The molecule has 4 atom stereocenters. The van der Waals surface area contributed by atoms with Crippen LogP contribution in [0.5, 0.6) is 0 Å². The van der Waals surface area contributed by atoms with Crippen molar-refractivity contribution in [1.29, 1.82) is 0 Å². The van der Waals surface area contributed by atoms with Gasteiger partial charge in [-0.2, -0.15) is 11.8 Å². The zero-order chi connectivity index (χ0) is 35.9. The first kappa shape index (κ1) is 42.5. The average Bonchev–Trinajstić information content (AvgIpc) is 3.61. The number of carbonyl (C=O) groups excluding carboxylic acids is 5. The molecule has 282 valence electrons. The first-order valence-corrected chi connectivity index (χ1v) is 18.3. The van der Waals surface area contributed by atoms with Gasteiger partial charge in [0.15, 0.2) is 0 Å². The third-order valence-electron chi connectivity index (χ3n) is 7.65. The number of thioether (sulfide) groups is 1. The third kappa shape index (κ3) is 19.9. The van der Waals surface area contributed by atoms with Crippen molar-refractivity contribution in [3.05, 3.63) is 0 Å². The Bertz CT molecular complexity index is 1020. The number of carbonyl (C=O) groups is 5. The standard InChI is InChI=1S/C32H59N7O9S/c1-32(2,3)36-13-15-46-17-18-47-20-27(41)35-12-14-45-16-19-48-21-28(42)37-23(30(43)33-4)8-7-11-34-26(40)10-6-5-9-25-29-24(22-49-25)38-31(44)39-29/h23-25,29,36H,5-22H2,1-4H3,(H,33,43)(H,34,40)(H,35,41)(H,37,42)(H2,38,39,44). The van der Waals surface area contributed by atoms with Crippen LogP contribution in [0.25, 0.3) is 0 Å². The Kier molecular flexibility index (Phi) is 21.2. The summed E-state index contributed by atoms with van der Waals surface area (Å²) in [7, 11) is 1.50. The fourth-order valence-electron chi connectivity index (χ4n) is 5.16. The molecule has 4 unspecified atom stereocenters. The number of ether oxygens (including phenoxy) is 4. The predicted molar refractivity (Wildman–Crippen MR) is 186 cm³/mol. The Morgan fingerprint density at radius 2 is 1.47 bits per heavy atom. The van der Waals surface area contributed by atoms with Gasteiger partial charge < -0.3 is 56.2 Å². The van der Waals surface area contributed by atoms with Crippen molar-refractivity contribution in [2.75, 3.05) is 85.3 Å². The number of fused-ring (bicyclic) bond motifs is 1. The Balaban J connectivity index is 1.42. The lowest BCUT2D eigenvalue weighted by Gasteiger charge is -2.20. The van der Waals surface area contributed by atoms with Crippen molar-refractivity contribution in [2.24, 2.45) is 0 Å². The number of hydrogen-bond acceptors (Lipinski definition) is 11. The lowest BCUT2D eigenvalue weighted by molar-refractivity contribution is -0.131. The largest absolute Gasteiger partial charge is 0.378 e. The number of unbranched alkanes of at least 4 members (excludes halogenated alkanes) is 1. The Labute approximate surface area is 294 Å². The summed E-state index contributed by atoms with van der Waals surface area (Å²) in [5.41, 5.74) is 0.0482. The zero-order valence-electron chi connectivity index (χ0n) is 29.6. The lowest BCUT2D eigenvalue weighted by Crippen LogP contribution is -2.47. The van der Waals surface area contributed by atoms with Crippen LogP contribution in [-0.2, 0) is 38.1 Å². The molecule has 49 heavy (non-hydrogen) atoms. The van der Waals surface area contributed by atoms with Crippen LogP contribution in [0.1, 0.15) is 59.3 Å². The second kappa shape index (κ2) is 24.4. The van der Waals surface area contributed by atoms with Gasteiger partial charge in [0, 0.05) is 49.6 Å². The SMILES string of the molecule is CNC(=O)C(CCCNC(=O)CCCCC1SCC2NC(=O)NC21)NC(=O)COCCOCCNC(=O)COCCOCCNC(C)(C)C. The fraction of sp³-hybridized carbons (Fsp3) is 0.844. The van der Waals surface area contributed by atoms with E-state index in [1.165, 1.54) is 7.05 Å². The maximum absolute atomic E-state index is 12.3. The highest BCUT2D eigenvalue weighted by Crippen LogP contribution is 2.33. The Morgan fingerprint density at radius 1 is 0.816 bits per heavy atom. The molecule has 0 aromatic heterocycles. The molecule has 2 heterocycles. The van der Waals surface area contributed by atoms with Crippen molar-refractivity contribution < 1.29 is 42.9 Å². The third-order valence-corrected chi connectivity index (χ3v) is 9.16. The molecule has 0 spiro atoms. The van der Waals surface area contributed by atoms with Gasteiger partial charge in [0.05, 0.1) is 51.7 Å². The molecule has 6 amide bonds. The van der Waals surface area contributed by atoms with Gasteiger partial charge in [-0.05, 0) is 46.5 Å². The molecular weight excluding hydrogens is 658 g/mol. The summed E-state index contributed by atoms with van der Waals surface area (Å²) >= 11 is 1.86. The zero-order valence-corrected chi connectivity index (χ0v) is 30.4. The molecular formula is C32H59N7O9S. The number of nitrogens with one attached hydrogen (secondary N) is 7. The molecule has 0 saturated carbocycles. The van der Waals surface area contributed by atoms with Crippen LogP contribution in [0.15, 0.2) is 0 Å². The first-order valence-electron chi connectivity index (χ1n) is 17.3. The van der Waals surface area contributed by atoms with Crippen LogP contribution < -0.4 is 37.2 Å². The van der Waals surface area contributed by atoms with Gasteiger partial charge in [-0.25, -0.2) is 4.79 Å². The summed E-state index contributed by atoms with van der Waals surface area (Å²) in [6.07, 6.45) is 3.92. The summed E-state index contributed by atoms with van der Waals surface area (Å²) in [6.45, 7) is 9.42. The molecule has 16 nitrogen and oxygen atoms in total. The van der Waals surface area contributed by atoms with E-state index in [9.17, 15) is 24.0 Å². The summed E-state index contributed by atoms with van der Waals surface area (Å²) in [5.74, 6) is -0.131. The maximum atomic E-state index is 12.3. The molecule has 2 saturated heterocycles. The molecule has 0 bridgehead atoms. The van der Waals surface area contributed by atoms with Crippen molar-refractivity contribution in [3.63, 3.8) is 0 Å². The molecule has 2 fully saturated rings. The molecule has 2 aliphatic rings. The second-order valence-electron chi connectivity index (χ2n) is 13.0. The topological polar surface area (TPSA) is 206 Å². The highest BCUT2D eigenvalue weighted by atomic mass is 32.2. The van der Waals surface area contributed by atoms with Crippen molar-refractivity contribution >= 4 is 41.4 Å². The van der Waals surface area contributed by atoms with E-state index in [1.54, 1.807) is 0 Å². The van der Waals surface area contributed by atoms with E-state index in [1.807, 2.05) is 11.8 Å². The second-order valence-corrected chi connectivity index (χ2v) is 14.2. The molecule has 7 N–H and O–H groups in total.